The molecule has 4 aromatic rings. The average Bonchev–Trinajstić information content (AvgIpc) is 3.35. The zero-order chi connectivity index (χ0) is 25.6. The third kappa shape index (κ3) is 5.94. The zero-order valence-corrected chi connectivity index (χ0v) is 20.5. The van der Waals surface area contributed by atoms with Gasteiger partial charge in [0, 0.05) is 48.4 Å². The Morgan fingerprint density at radius 3 is 2.22 bits per heavy atom. The van der Waals surface area contributed by atoms with E-state index in [9.17, 15) is 14.0 Å². The summed E-state index contributed by atoms with van der Waals surface area (Å²) in [6, 6.07) is 25.7. The predicted molar refractivity (Wildman–Crippen MR) is 140 cm³/mol. The Hall–Kier alpha value is -4.26. The molecule has 0 saturated carbocycles. The Kier molecular flexibility index (Phi) is 7.40. The Labute approximate surface area is 215 Å². The van der Waals surface area contributed by atoms with Gasteiger partial charge in [0.1, 0.15) is 5.82 Å². The summed E-state index contributed by atoms with van der Waals surface area (Å²) in [5.41, 5.74) is 4.44. The van der Waals surface area contributed by atoms with Crippen molar-refractivity contribution in [2.45, 2.75) is 25.9 Å². The lowest BCUT2D eigenvalue weighted by atomic mass is 9.95. The summed E-state index contributed by atoms with van der Waals surface area (Å²) < 4.78 is 15.1. The first-order valence-corrected chi connectivity index (χ1v) is 12.5. The van der Waals surface area contributed by atoms with E-state index >= 15 is 0 Å². The van der Waals surface area contributed by atoms with Crippen LogP contribution in [0.5, 0.6) is 0 Å². The van der Waals surface area contributed by atoms with Gasteiger partial charge in [-0.3, -0.25) is 14.3 Å². The molecule has 5 rings (SSSR count). The van der Waals surface area contributed by atoms with Crippen molar-refractivity contribution in [3.63, 3.8) is 0 Å². The first kappa shape index (κ1) is 24.4. The molecule has 0 radical (unpaired) electrons. The van der Waals surface area contributed by atoms with Crippen LogP contribution in [0.3, 0.4) is 0 Å². The molecule has 2 heterocycles. The van der Waals surface area contributed by atoms with E-state index in [0.717, 1.165) is 22.4 Å². The molecule has 0 bridgehead atoms. The molecule has 0 atom stereocenters. The number of aromatic nitrogens is 2. The van der Waals surface area contributed by atoms with Gasteiger partial charge in [-0.1, -0.05) is 60.7 Å². The fraction of sp³-hybridized carbons (Fsp3) is 0.233. The minimum absolute atomic E-state index is 0.0105. The zero-order valence-electron chi connectivity index (χ0n) is 20.5. The molecule has 6 nitrogen and oxygen atoms in total. The molecule has 37 heavy (non-hydrogen) atoms. The summed E-state index contributed by atoms with van der Waals surface area (Å²) in [6.45, 7) is 2.03. The number of hydrogen-bond donors (Lipinski definition) is 1. The monoisotopic (exact) mass is 496 g/mol. The number of piperidine rings is 1. The van der Waals surface area contributed by atoms with Gasteiger partial charge in [-0.15, -0.1) is 0 Å². The largest absolute Gasteiger partial charge is 0.352 e. The van der Waals surface area contributed by atoms with Crippen LogP contribution in [0.2, 0.25) is 0 Å². The topological polar surface area (TPSA) is 67.2 Å². The maximum atomic E-state index is 13.2. The van der Waals surface area contributed by atoms with Crippen molar-refractivity contribution in [3.05, 3.63) is 114 Å². The molecule has 1 aliphatic rings. The quantitative estimate of drug-likeness (QED) is 0.396. The fourth-order valence-electron chi connectivity index (χ4n) is 4.73. The normalized spacial score (nSPS) is 13.9. The molecule has 7 heteroatoms. The molecule has 1 saturated heterocycles. The number of nitrogens with zero attached hydrogens (tertiary/aromatic N) is 3. The first-order valence-electron chi connectivity index (χ1n) is 12.5. The number of nitrogens with one attached hydrogen (secondary N) is 1. The van der Waals surface area contributed by atoms with Crippen LogP contribution >= 0.6 is 0 Å². The van der Waals surface area contributed by atoms with Crippen LogP contribution in [0.4, 0.5) is 4.39 Å². The lowest BCUT2D eigenvalue weighted by molar-refractivity contribution is -0.126. The molecule has 1 aliphatic heterocycles. The summed E-state index contributed by atoms with van der Waals surface area (Å²) in [5, 5.41) is 7.93. The standard InChI is InChI=1S/C30H29FN4O2/c31-27-13-11-25(12-14-27)30(37)34-17-15-24(16-18-34)29(36)32-19-26-21-35(20-22-7-3-1-4-8-22)33-28(26)23-9-5-2-6-10-23/h1-14,21,24H,15-20H2,(H,32,36). The molecular formula is C30H29FN4O2. The van der Waals surface area contributed by atoms with Gasteiger partial charge in [0.2, 0.25) is 5.91 Å². The maximum absolute atomic E-state index is 13.2. The molecule has 0 spiro atoms. The van der Waals surface area contributed by atoms with Crippen molar-refractivity contribution >= 4 is 11.8 Å². The smallest absolute Gasteiger partial charge is 0.253 e. The first-order chi connectivity index (χ1) is 18.1. The molecule has 1 aromatic heterocycles. The average molecular weight is 497 g/mol. The van der Waals surface area contributed by atoms with Crippen LogP contribution in [-0.2, 0) is 17.9 Å². The Morgan fingerprint density at radius 2 is 1.54 bits per heavy atom. The van der Waals surface area contributed by atoms with Gasteiger partial charge in [-0.2, -0.15) is 5.10 Å². The Bertz CT molecular complexity index is 1350. The SMILES string of the molecule is O=C(NCc1cn(Cc2ccccc2)nc1-c1ccccc1)C1CCN(C(=O)c2ccc(F)cc2)CC1. The number of amides is 2. The lowest BCUT2D eigenvalue weighted by Gasteiger charge is -2.31. The highest BCUT2D eigenvalue weighted by atomic mass is 19.1. The number of carbonyl (C=O) groups excluding carboxylic acids is 2. The van der Waals surface area contributed by atoms with Gasteiger partial charge in [-0.05, 0) is 42.7 Å². The van der Waals surface area contributed by atoms with Gasteiger partial charge < -0.3 is 10.2 Å². The van der Waals surface area contributed by atoms with Crippen molar-refractivity contribution in [2.75, 3.05) is 13.1 Å². The minimum Gasteiger partial charge on any atom is -0.352 e. The third-order valence-corrected chi connectivity index (χ3v) is 6.77. The second kappa shape index (κ2) is 11.2. The number of hydrogen-bond acceptors (Lipinski definition) is 3. The van der Waals surface area contributed by atoms with Crippen molar-refractivity contribution in [3.8, 4) is 11.3 Å². The van der Waals surface area contributed by atoms with Crippen LogP contribution in [0.1, 0.15) is 34.3 Å². The third-order valence-electron chi connectivity index (χ3n) is 6.77. The number of carbonyl (C=O) groups is 2. The molecular weight excluding hydrogens is 467 g/mol. The number of likely N-dealkylation sites (tertiary alicyclic amines) is 1. The van der Waals surface area contributed by atoms with Crippen LogP contribution in [-0.4, -0.2) is 39.6 Å². The predicted octanol–water partition coefficient (Wildman–Crippen LogP) is 4.91. The van der Waals surface area contributed by atoms with E-state index in [1.54, 1.807) is 4.90 Å². The molecule has 2 amide bonds. The summed E-state index contributed by atoms with van der Waals surface area (Å²) in [5.74, 6) is -0.661. The second-order valence-electron chi connectivity index (χ2n) is 9.34. The molecule has 1 N–H and O–H groups in total. The minimum atomic E-state index is -0.368. The van der Waals surface area contributed by atoms with Crippen LogP contribution in [0.15, 0.2) is 91.1 Å². The van der Waals surface area contributed by atoms with E-state index in [2.05, 4.69) is 17.4 Å². The number of benzene rings is 3. The Balaban J connectivity index is 1.21. The fourth-order valence-corrected chi connectivity index (χ4v) is 4.73. The summed E-state index contributed by atoms with van der Waals surface area (Å²) >= 11 is 0. The molecule has 0 aliphatic carbocycles. The van der Waals surface area contributed by atoms with Gasteiger partial charge in [-0.25, -0.2) is 4.39 Å². The molecule has 188 valence electrons. The lowest BCUT2D eigenvalue weighted by Crippen LogP contribution is -2.42. The van der Waals surface area contributed by atoms with Gasteiger partial charge in [0.25, 0.3) is 5.91 Å². The van der Waals surface area contributed by atoms with E-state index in [-0.39, 0.29) is 23.5 Å². The van der Waals surface area contributed by atoms with Crippen molar-refractivity contribution in [1.82, 2.24) is 20.0 Å². The van der Waals surface area contributed by atoms with Crippen LogP contribution in [0, 0.1) is 11.7 Å². The number of rotatable bonds is 7. The van der Waals surface area contributed by atoms with Crippen molar-refractivity contribution in [1.29, 1.82) is 0 Å². The van der Waals surface area contributed by atoms with Crippen molar-refractivity contribution in [2.24, 2.45) is 5.92 Å². The molecule has 1 fully saturated rings. The summed E-state index contributed by atoms with van der Waals surface area (Å²) in [6.07, 6.45) is 3.19. The highest BCUT2D eigenvalue weighted by molar-refractivity contribution is 5.94. The van der Waals surface area contributed by atoms with E-state index in [0.29, 0.717) is 44.6 Å². The van der Waals surface area contributed by atoms with E-state index in [1.165, 1.54) is 24.3 Å². The van der Waals surface area contributed by atoms with E-state index in [4.69, 9.17) is 5.10 Å². The Morgan fingerprint density at radius 1 is 0.892 bits per heavy atom. The summed E-state index contributed by atoms with van der Waals surface area (Å²) in [4.78, 5) is 27.4. The second-order valence-corrected chi connectivity index (χ2v) is 9.34. The van der Waals surface area contributed by atoms with Crippen molar-refractivity contribution < 1.29 is 14.0 Å². The highest BCUT2D eigenvalue weighted by Crippen LogP contribution is 2.24. The number of halogens is 1. The summed E-state index contributed by atoms with van der Waals surface area (Å²) in [7, 11) is 0. The van der Waals surface area contributed by atoms with Gasteiger partial charge in [0.15, 0.2) is 0 Å². The maximum Gasteiger partial charge on any atom is 0.253 e. The highest BCUT2D eigenvalue weighted by Gasteiger charge is 2.28. The van der Waals surface area contributed by atoms with Crippen LogP contribution < -0.4 is 5.32 Å². The van der Waals surface area contributed by atoms with E-state index in [1.807, 2.05) is 59.4 Å². The van der Waals surface area contributed by atoms with Gasteiger partial charge in [0.05, 0.1) is 12.2 Å². The molecule has 0 unspecified atom stereocenters. The van der Waals surface area contributed by atoms with Crippen LogP contribution in [0.25, 0.3) is 11.3 Å². The molecule has 3 aromatic carbocycles. The van der Waals surface area contributed by atoms with Gasteiger partial charge >= 0.3 is 0 Å². The van der Waals surface area contributed by atoms with E-state index < -0.39 is 0 Å².